The summed E-state index contributed by atoms with van der Waals surface area (Å²) in [7, 11) is -4.15. The SMILES string of the molecule is Cc1ccc(N(CC(=O)Nc2cccc(F)c2)S(=O)(=O)c2ccc(F)cc2)cc1. The topological polar surface area (TPSA) is 66.5 Å². The molecule has 0 spiro atoms. The van der Waals surface area contributed by atoms with Crippen molar-refractivity contribution >= 4 is 27.3 Å². The van der Waals surface area contributed by atoms with Crippen LogP contribution in [0, 0.1) is 18.6 Å². The second-order valence-electron chi connectivity index (χ2n) is 6.36. The Bertz CT molecular complexity index is 1120. The third kappa shape index (κ3) is 4.97. The number of amides is 1. The number of nitrogens with zero attached hydrogens (tertiary/aromatic N) is 1. The Morgan fingerprint density at radius 3 is 2.21 bits per heavy atom. The van der Waals surface area contributed by atoms with Crippen molar-refractivity contribution in [1.82, 2.24) is 0 Å². The highest BCUT2D eigenvalue weighted by Crippen LogP contribution is 2.24. The van der Waals surface area contributed by atoms with E-state index in [4.69, 9.17) is 0 Å². The Balaban J connectivity index is 1.93. The molecule has 0 aliphatic rings. The van der Waals surface area contributed by atoms with Gasteiger partial charge in [0.2, 0.25) is 5.91 Å². The predicted octanol–water partition coefficient (Wildman–Crippen LogP) is 4.11. The molecule has 0 aliphatic heterocycles. The summed E-state index contributed by atoms with van der Waals surface area (Å²) in [5.41, 5.74) is 1.39. The molecule has 150 valence electrons. The van der Waals surface area contributed by atoms with Crippen LogP contribution in [-0.2, 0) is 14.8 Å². The largest absolute Gasteiger partial charge is 0.324 e. The number of benzene rings is 3. The van der Waals surface area contributed by atoms with Crippen LogP contribution in [0.4, 0.5) is 20.2 Å². The average molecular weight is 416 g/mol. The lowest BCUT2D eigenvalue weighted by Crippen LogP contribution is -2.38. The fraction of sp³-hybridized carbons (Fsp3) is 0.0952. The fourth-order valence-electron chi connectivity index (χ4n) is 2.66. The fourth-order valence-corrected chi connectivity index (χ4v) is 4.08. The van der Waals surface area contributed by atoms with Gasteiger partial charge in [0.05, 0.1) is 10.6 Å². The van der Waals surface area contributed by atoms with E-state index in [1.54, 1.807) is 24.3 Å². The molecule has 29 heavy (non-hydrogen) atoms. The molecule has 0 bridgehead atoms. The van der Waals surface area contributed by atoms with Crippen LogP contribution in [0.2, 0.25) is 0 Å². The number of anilines is 2. The molecule has 3 rings (SSSR count). The van der Waals surface area contributed by atoms with E-state index in [9.17, 15) is 22.0 Å². The molecule has 1 N–H and O–H groups in total. The molecule has 0 atom stereocenters. The van der Waals surface area contributed by atoms with Crippen LogP contribution in [0.1, 0.15) is 5.56 Å². The van der Waals surface area contributed by atoms with Crippen molar-refractivity contribution in [2.24, 2.45) is 0 Å². The van der Waals surface area contributed by atoms with E-state index in [1.165, 1.54) is 18.2 Å². The van der Waals surface area contributed by atoms with Crippen molar-refractivity contribution < 1.29 is 22.0 Å². The zero-order valence-corrected chi connectivity index (χ0v) is 16.3. The maximum Gasteiger partial charge on any atom is 0.264 e. The molecule has 0 aromatic heterocycles. The molecule has 5 nitrogen and oxygen atoms in total. The van der Waals surface area contributed by atoms with Gasteiger partial charge in [-0.1, -0.05) is 23.8 Å². The number of hydrogen-bond acceptors (Lipinski definition) is 3. The summed E-state index contributed by atoms with van der Waals surface area (Å²) in [5, 5.41) is 2.48. The van der Waals surface area contributed by atoms with E-state index < -0.39 is 34.1 Å². The predicted molar refractivity (Wildman–Crippen MR) is 107 cm³/mol. The second-order valence-corrected chi connectivity index (χ2v) is 8.22. The third-order valence-corrected chi connectivity index (χ3v) is 5.91. The smallest absolute Gasteiger partial charge is 0.264 e. The van der Waals surface area contributed by atoms with Crippen LogP contribution in [0.15, 0.2) is 77.7 Å². The Morgan fingerprint density at radius 2 is 1.59 bits per heavy atom. The Hall–Kier alpha value is -3.26. The van der Waals surface area contributed by atoms with Crippen molar-refractivity contribution in [1.29, 1.82) is 0 Å². The molecule has 0 aliphatic carbocycles. The number of carbonyl (C=O) groups excluding carboxylic acids is 1. The maximum absolute atomic E-state index is 13.3. The van der Waals surface area contributed by atoms with Crippen molar-refractivity contribution in [3.05, 3.63) is 90.0 Å². The zero-order valence-electron chi connectivity index (χ0n) is 15.5. The van der Waals surface area contributed by atoms with Crippen LogP contribution >= 0.6 is 0 Å². The molecule has 0 heterocycles. The number of sulfonamides is 1. The minimum Gasteiger partial charge on any atom is -0.324 e. The summed E-state index contributed by atoms with van der Waals surface area (Å²) < 4.78 is 53.8. The first kappa shape index (κ1) is 20.5. The van der Waals surface area contributed by atoms with E-state index >= 15 is 0 Å². The summed E-state index contributed by atoms with van der Waals surface area (Å²) in [5.74, 6) is -1.76. The van der Waals surface area contributed by atoms with Gasteiger partial charge in [-0.3, -0.25) is 9.10 Å². The molecule has 0 fully saturated rings. The molecule has 8 heteroatoms. The number of nitrogens with one attached hydrogen (secondary N) is 1. The van der Waals surface area contributed by atoms with Gasteiger partial charge in [-0.15, -0.1) is 0 Å². The molecule has 0 saturated carbocycles. The number of aryl methyl sites for hydroxylation is 1. The van der Waals surface area contributed by atoms with Gasteiger partial charge in [0.1, 0.15) is 18.2 Å². The normalized spacial score (nSPS) is 11.1. The van der Waals surface area contributed by atoms with E-state index in [2.05, 4.69) is 5.32 Å². The highest BCUT2D eigenvalue weighted by atomic mass is 32.2. The standard InChI is InChI=1S/C21H18F2N2O3S/c1-15-5-9-19(10-6-15)25(29(27,28)20-11-7-16(22)8-12-20)14-21(26)24-18-4-2-3-17(23)13-18/h2-13H,14H2,1H3,(H,24,26). The summed E-state index contributed by atoms with van der Waals surface area (Å²) in [6.45, 7) is 1.30. The van der Waals surface area contributed by atoms with Crippen molar-refractivity contribution in [3.63, 3.8) is 0 Å². The minimum absolute atomic E-state index is 0.155. The minimum atomic E-state index is -4.15. The van der Waals surface area contributed by atoms with Gasteiger partial charge in [-0.25, -0.2) is 17.2 Å². The quantitative estimate of drug-likeness (QED) is 0.658. The Morgan fingerprint density at radius 1 is 0.931 bits per heavy atom. The van der Waals surface area contributed by atoms with Gasteiger partial charge >= 0.3 is 0 Å². The highest BCUT2D eigenvalue weighted by molar-refractivity contribution is 7.92. The first-order valence-electron chi connectivity index (χ1n) is 8.66. The molecule has 1 amide bonds. The molecule has 0 radical (unpaired) electrons. The van der Waals surface area contributed by atoms with Crippen LogP contribution in [0.25, 0.3) is 0 Å². The summed E-state index contributed by atoms with van der Waals surface area (Å²) in [4.78, 5) is 12.4. The molecular formula is C21H18F2N2O3S. The van der Waals surface area contributed by atoms with Crippen LogP contribution in [-0.4, -0.2) is 20.9 Å². The second kappa shape index (κ2) is 8.40. The lowest BCUT2D eigenvalue weighted by atomic mass is 10.2. The lowest BCUT2D eigenvalue weighted by molar-refractivity contribution is -0.114. The maximum atomic E-state index is 13.3. The van der Waals surface area contributed by atoms with Crippen molar-refractivity contribution in [3.8, 4) is 0 Å². The highest BCUT2D eigenvalue weighted by Gasteiger charge is 2.27. The third-order valence-electron chi connectivity index (χ3n) is 4.12. The first-order chi connectivity index (χ1) is 13.8. The van der Waals surface area contributed by atoms with E-state index in [-0.39, 0.29) is 16.3 Å². The number of halogens is 2. The van der Waals surface area contributed by atoms with Crippen LogP contribution in [0.5, 0.6) is 0 Å². The van der Waals surface area contributed by atoms with Gasteiger partial charge in [-0.05, 0) is 61.5 Å². The Kier molecular flexibility index (Phi) is 5.93. The monoisotopic (exact) mass is 416 g/mol. The number of carbonyl (C=O) groups is 1. The number of rotatable bonds is 6. The average Bonchev–Trinajstić information content (AvgIpc) is 2.67. The summed E-state index contributed by atoms with van der Waals surface area (Å²) in [6, 6.07) is 16.2. The number of hydrogen-bond donors (Lipinski definition) is 1. The van der Waals surface area contributed by atoms with E-state index in [0.29, 0.717) is 0 Å². The van der Waals surface area contributed by atoms with Crippen molar-refractivity contribution in [2.75, 3.05) is 16.2 Å². The van der Waals surface area contributed by atoms with Crippen LogP contribution in [0.3, 0.4) is 0 Å². The van der Waals surface area contributed by atoms with Gasteiger partial charge in [0.25, 0.3) is 10.0 Å². The van der Waals surface area contributed by atoms with E-state index in [0.717, 1.165) is 40.2 Å². The lowest BCUT2D eigenvalue weighted by Gasteiger charge is -2.24. The zero-order chi connectivity index (χ0) is 21.0. The van der Waals surface area contributed by atoms with E-state index in [1.807, 2.05) is 6.92 Å². The molecule has 0 unspecified atom stereocenters. The molecular weight excluding hydrogens is 398 g/mol. The van der Waals surface area contributed by atoms with Gasteiger partial charge < -0.3 is 5.32 Å². The summed E-state index contributed by atoms with van der Waals surface area (Å²) in [6.07, 6.45) is 0. The van der Waals surface area contributed by atoms with Gasteiger partial charge in [0, 0.05) is 5.69 Å². The first-order valence-corrected chi connectivity index (χ1v) is 10.1. The summed E-state index contributed by atoms with van der Waals surface area (Å²) >= 11 is 0. The van der Waals surface area contributed by atoms with Gasteiger partial charge in [0.15, 0.2) is 0 Å². The Labute approximate surface area is 167 Å². The van der Waals surface area contributed by atoms with Gasteiger partial charge in [-0.2, -0.15) is 0 Å². The van der Waals surface area contributed by atoms with Crippen molar-refractivity contribution in [2.45, 2.75) is 11.8 Å². The molecule has 3 aromatic carbocycles. The molecule has 3 aromatic rings. The molecule has 0 saturated heterocycles. The van der Waals surface area contributed by atoms with Crippen LogP contribution < -0.4 is 9.62 Å².